The van der Waals surface area contributed by atoms with Crippen molar-refractivity contribution in [1.29, 1.82) is 0 Å². The van der Waals surface area contributed by atoms with Crippen LogP contribution in [0.4, 0.5) is 0 Å². The zero-order valence-corrected chi connectivity index (χ0v) is 8.56. The second kappa shape index (κ2) is 5.22. The monoisotopic (exact) mass is 198 g/mol. The van der Waals surface area contributed by atoms with Crippen molar-refractivity contribution in [2.24, 2.45) is 5.73 Å². The maximum atomic E-state index is 6.10. The van der Waals surface area contributed by atoms with Crippen LogP contribution in [-0.2, 0) is 6.54 Å². The van der Waals surface area contributed by atoms with Crippen LogP contribution in [0.15, 0.2) is 18.2 Å². The van der Waals surface area contributed by atoms with Crippen LogP contribution < -0.4 is 11.1 Å². The highest BCUT2D eigenvalue weighted by molar-refractivity contribution is 6.32. The SMILES string of the molecule is Cc1cccc(CNCCN)c1Cl. The van der Waals surface area contributed by atoms with E-state index < -0.39 is 0 Å². The molecule has 3 N–H and O–H groups in total. The summed E-state index contributed by atoms with van der Waals surface area (Å²) in [5, 5.41) is 4.06. The van der Waals surface area contributed by atoms with Crippen LogP contribution >= 0.6 is 11.6 Å². The molecule has 0 atom stereocenters. The molecule has 0 aliphatic rings. The Labute approximate surface area is 84.1 Å². The summed E-state index contributed by atoms with van der Waals surface area (Å²) in [5.41, 5.74) is 7.62. The summed E-state index contributed by atoms with van der Waals surface area (Å²) in [6.07, 6.45) is 0. The molecular formula is C10H15ClN2. The molecule has 1 aromatic rings. The molecule has 0 aliphatic heterocycles. The Kier molecular flexibility index (Phi) is 4.22. The topological polar surface area (TPSA) is 38.0 Å². The van der Waals surface area contributed by atoms with Gasteiger partial charge in [0.05, 0.1) is 0 Å². The van der Waals surface area contributed by atoms with Gasteiger partial charge in [-0.3, -0.25) is 0 Å². The van der Waals surface area contributed by atoms with Crippen molar-refractivity contribution in [3.63, 3.8) is 0 Å². The van der Waals surface area contributed by atoms with Gasteiger partial charge in [-0.05, 0) is 18.1 Å². The third kappa shape index (κ3) is 2.99. The van der Waals surface area contributed by atoms with Gasteiger partial charge in [0, 0.05) is 24.7 Å². The summed E-state index contributed by atoms with van der Waals surface area (Å²) in [6, 6.07) is 6.05. The van der Waals surface area contributed by atoms with Gasteiger partial charge in [-0.25, -0.2) is 0 Å². The summed E-state index contributed by atoms with van der Waals surface area (Å²) >= 11 is 6.10. The lowest BCUT2D eigenvalue weighted by atomic mass is 10.1. The molecule has 0 bridgehead atoms. The maximum absolute atomic E-state index is 6.10. The number of nitrogens with one attached hydrogen (secondary N) is 1. The van der Waals surface area contributed by atoms with Crippen molar-refractivity contribution in [2.45, 2.75) is 13.5 Å². The van der Waals surface area contributed by atoms with Crippen molar-refractivity contribution >= 4 is 11.6 Å². The fourth-order valence-electron chi connectivity index (χ4n) is 1.17. The number of hydrogen-bond donors (Lipinski definition) is 2. The Bertz CT molecular complexity index is 274. The molecule has 0 fully saturated rings. The van der Waals surface area contributed by atoms with Gasteiger partial charge in [-0.15, -0.1) is 0 Å². The summed E-state index contributed by atoms with van der Waals surface area (Å²) in [7, 11) is 0. The normalized spacial score (nSPS) is 10.4. The Morgan fingerprint density at radius 2 is 2.23 bits per heavy atom. The lowest BCUT2D eigenvalue weighted by Gasteiger charge is -2.07. The van der Waals surface area contributed by atoms with Gasteiger partial charge in [-0.2, -0.15) is 0 Å². The molecule has 1 aromatic carbocycles. The molecule has 2 nitrogen and oxygen atoms in total. The first-order valence-electron chi connectivity index (χ1n) is 4.40. The Balaban J connectivity index is 2.61. The fourth-order valence-corrected chi connectivity index (χ4v) is 1.36. The highest BCUT2D eigenvalue weighted by Gasteiger charge is 2.00. The van der Waals surface area contributed by atoms with Crippen molar-refractivity contribution in [1.82, 2.24) is 5.32 Å². The smallest absolute Gasteiger partial charge is 0.0480 e. The van der Waals surface area contributed by atoms with E-state index in [1.807, 2.05) is 25.1 Å². The molecule has 72 valence electrons. The molecule has 0 spiro atoms. The molecule has 0 radical (unpaired) electrons. The number of hydrogen-bond acceptors (Lipinski definition) is 2. The highest BCUT2D eigenvalue weighted by atomic mass is 35.5. The maximum Gasteiger partial charge on any atom is 0.0480 e. The molecule has 13 heavy (non-hydrogen) atoms. The number of benzene rings is 1. The quantitative estimate of drug-likeness (QED) is 0.723. The molecule has 0 heterocycles. The molecule has 0 aliphatic carbocycles. The summed E-state index contributed by atoms with van der Waals surface area (Å²) in [5.74, 6) is 0. The van der Waals surface area contributed by atoms with Gasteiger partial charge in [-0.1, -0.05) is 29.8 Å². The largest absolute Gasteiger partial charge is 0.329 e. The first-order valence-corrected chi connectivity index (χ1v) is 4.78. The lowest BCUT2D eigenvalue weighted by Crippen LogP contribution is -2.22. The predicted octanol–water partition coefficient (Wildman–Crippen LogP) is 1.70. The number of halogens is 1. The molecule has 0 saturated carbocycles. The molecule has 1 rings (SSSR count). The van der Waals surface area contributed by atoms with E-state index in [0.717, 1.165) is 29.2 Å². The van der Waals surface area contributed by atoms with Gasteiger partial charge in [0.1, 0.15) is 0 Å². The summed E-state index contributed by atoms with van der Waals surface area (Å²) < 4.78 is 0. The summed E-state index contributed by atoms with van der Waals surface area (Å²) in [4.78, 5) is 0. The third-order valence-corrected chi connectivity index (χ3v) is 2.45. The van der Waals surface area contributed by atoms with Crippen molar-refractivity contribution in [2.75, 3.05) is 13.1 Å². The minimum atomic E-state index is 0.656. The number of nitrogens with two attached hydrogens (primary N) is 1. The fraction of sp³-hybridized carbons (Fsp3) is 0.400. The molecule has 0 amide bonds. The second-order valence-electron chi connectivity index (χ2n) is 3.01. The van der Waals surface area contributed by atoms with Gasteiger partial charge >= 0.3 is 0 Å². The van der Waals surface area contributed by atoms with E-state index in [4.69, 9.17) is 17.3 Å². The summed E-state index contributed by atoms with van der Waals surface area (Å²) in [6.45, 7) is 4.28. The van der Waals surface area contributed by atoms with Crippen LogP contribution in [0, 0.1) is 6.92 Å². The zero-order chi connectivity index (χ0) is 9.68. The van der Waals surface area contributed by atoms with Crippen molar-refractivity contribution < 1.29 is 0 Å². The van der Waals surface area contributed by atoms with Gasteiger partial charge in [0.15, 0.2) is 0 Å². The predicted molar refractivity (Wildman–Crippen MR) is 57.0 cm³/mol. The van der Waals surface area contributed by atoms with Crippen LogP contribution in [0.25, 0.3) is 0 Å². The van der Waals surface area contributed by atoms with Crippen LogP contribution in [0.3, 0.4) is 0 Å². The van der Waals surface area contributed by atoms with Crippen LogP contribution in [0.2, 0.25) is 5.02 Å². The van der Waals surface area contributed by atoms with Crippen LogP contribution in [0.5, 0.6) is 0 Å². The van der Waals surface area contributed by atoms with E-state index in [1.165, 1.54) is 0 Å². The van der Waals surface area contributed by atoms with Gasteiger partial charge in [0.2, 0.25) is 0 Å². The standard InChI is InChI=1S/C10H15ClN2/c1-8-3-2-4-9(10(8)11)7-13-6-5-12/h2-4,13H,5-7,12H2,1H3. The highest BCUT2D eigenvalue weighted by Crippen LogP contribution is 2.19. The van der Waals surface area contributed by atoms with Gasteiger partial charge in [0.25, 0.3) is 0 Å². The Morgan fingerprint density at radius 3 is 2.92 bits per heavy atom. The first kappa shape index (κ1) is 10.5. The molecular weight excluding hydrogens is 184 g/mol. The average Bonchev–Trinajstić information content (AvgIpc) is 2.13. The van der Waals surface area contributed by atoms with Crippen molar-refractivity contribution in [3.8, 4) is 0 Å². The van der Waals surface area contributed by atoms with E-state index in [-0.39, 0.29) is 0 Å². The average molecular weight is 199 g/mol. The van der Waals surface area contributed by atoms with E-state index in [2.05, 4.69) is 5.32 Å². The number of rotatable bonds is 4. The van der Waals surface area contributed by atoms with Crippen LogP contribution in [-0.4, -0.2) is 13.1 Å². The Morgan fingerprint density at radius 1 is 1.46 bits per heavy atom. The molecule has 0 aromatic heterocycles. The van der Waals surface area contributed by atoms with Crippen LogP contribution in [0.1, 0.15) is 11.1 Å². The molecule has 3 heteroatoms. The van der Waals surface area contributed by atoms with E-state index in [0.29, 0.717) is 6.54 Å². The molecule has 0 unspecified atom stereocenters. The minimum Gasteiger partial charge on any atom is -0.329 e. The second-order valence-corrected chi connectivity index (χ2v) is 3.39. The van der Waals surface area contributed by atoms with E-state index in [1.54, 1.807) is 0 Å². The van der Waals surface area contributed by atoms with Crippen molar-refractivity contribution in [3.05, 3.63) is 34.3 Å². The third-order valence-electron chi connectivity index (χ3n) is 1.91. The Hall–Kier alpha value is -0.570. The minimum absolute atomic E-state index is 0.656. The molecule has 0 saturated heterocycles. The lowest BCUT2D eigenvalue weighted by molar-refractivity contribution is 0.695. The van der Waals surface area contributed by atoms with Gasteiger partial charge < -0.3 is 11.1 Å². The van der Waals surface area contributed by atoms with E-state index >= 15 is 0 Å². The first-order chi connectivity index (χ1) is 6.25. The van der Waals surface area contributed by atoms with E-state index in [9.17, 15) is 0 Å². The number of aryl methyl sites for hydroxylation is 1. The zero-order valence-electron chi connectivity index (χ0n) is 7.81.